The molecule has 3 rings (SSSR count). The summed E-state index contributed by atoms with van der Waals surface area (Å²) in [7, 11) is 0. The molecule has 25 heavy (non-hydrogen) atoms. The molecule has 0 unspecified atom stereocenters. The van der Waals surface area contributed by atoms with Crippen molar-refractivity contribution in [2.45, 2.75) is 0 Å². The van der Waals surface area contributed by atoms with Crippen LogP contribution in [0.15, 0.2) is 49.2 Å². The first-order valence-electron chi connectivity index (χ1n) is 7.40. The van der Waals surface area contributed by atoms with Crippen molar-refractivity contribution in [3.05, 3.63) is 59.3 Å². The molecule has 0 aliphatic carbocycles. The van der Waals surface area contributed by atoms with E-state index in [9.17, 15) is 10.1 Å². The lowest BCUT2D eigenvalue weighted by Gasteiger charge is -2.07. The number of nitro groups is 1. The minimum Gasteiger partial charge on any atom is -0.368 e. The third kappa shape index (κ3) is 4.41. The average Bonchev–Trinajstić information content (AvgIpc) is 2.66. The highest BCUT2D eigenvalue weighted by Crippen LogP contribution is 2.13. The molecule has 3 aromatic rings. The van der Waals surface area contributed by atoms with Gasteiger partial charge in [-0.3, -0.25) is 20.1 Å². The molecule has 10 nitrogen and oxygen atoms in total. The number of nitrogens with one attached hydrogen (secondary N) is 2. The van der Waals surface area contributed by atoms with E-state index in [4.69, 9.17) is 0 Å². The molecule has 0 bridgehead atoms. The van der Waals surface area contributed by atoms with E-state index in [2.05, 4.69) is 35.6 Å². The number of hydrogen-bond donors (Lipinski definition) is 2. The van der Waals surface area contributed by atoms with E-state index < -0.39 is 4.92 Å². The summed E-state index contributed by atoms with van der Waals surface area (Å²) in [5, 5.41) is 16.7. The van der Waals surface area contributed by atoms with E-state index in [1.807, 2.05) is 0 Å². The molecule has 2 N–H and O–H groups in total. The Morgan fingerprint density at radius 2 is 1.80 bits per heavy atom. The van der Waals surface area contributed by atoms with Crippen LogP contribution in [0.4, 0.5) is 17.5 Å². The number of aromatic nitrogens is 5. The molecule has 0 radical (unpaired) electrons. The lowest BCUT2D eigenvalue weighted by atomic mass is 10.3. The second-order valence-electron chi connectivity index (χ2n) is 4.87. The van der Waals surface area contributed by atoms with Gasteiger partial charge in [0, 0.05) is 37.7 Å². The molecular formula is C15H14N8O2. The van der Waals surface area contributed by atoms with Crippen LogP contribution in [0.3, 0.4) is 0 Å². The molecule has 0 aliphatic rings. The summed E-state index contributed by atoms with van der Waals surface area (Å²) < 4.78 is 0. The third-order valence-corrected chi connectivity index (χ3v) is 3.15. The zero-order valence-electron chi connectivity index (χ0n) is 13.0. The van der Waals surface area contributed by atoms with Crippen molar-refractivity contribution in [3.8, 4) is 11.4 Å². The fraction of sp³-hybridized carbons (Fsp3) is 0.133. The van der Waals surface area contributed by atoms with Crippen molar-refractivity contribution < 1.29 is 4.92 Å². The first kappa shape index (κ1) is 16.2. The van der Waals surface area contributed by atoms with Gasteiger partial charge in [0.25, 0.3) is 5.69 Å². The van der Waals surface area contributed by atoms with Crippen molar-refractivity contribution in [2.24, 2.45) is 0 Å². The van der Waals surface area contributed by atoms with Gasteiger partial charge in [0.05, 0.1) is 16.8 Å². The standard InChI is InChI=1S/C15H14N8O2/c24-23(25)11-1-2-14(21-9-11)18-7-8-20-15-19-4-3-12(22-15)13-10-16-5-6-17-13/h1-6,9-10H,7-8H2,(H,18,21)(H,19,20,22). The van der Waals surface area contributed by atoms with Gasteiger partial charge in [-0.25, -0.2) is 15.0 Å². The summed E-state index contributed by atoms with van der Waals surface area (Å²) in [5.41, 5.74) is 1.30. The van der Waals surface area contributed by atoms with Gasteiger partial charge in [-0.15, -0.1) is 0 Å². The Bertz CT molecular complexity index is 842. The van der Waals surface area contributed by atoms with Crippen LogP contribution >= 0.6 is 0 Å². The first-order valence-corrected chi connectivity index (χ1v) is 7.40. The van der Waals surface area contributed by atoms with Crippen LogP contribution in [-0.4, -0.2) is 42.9 Å². The van der Waals surface area contributed by atoms with Crippen LogP contribution in [0.2, 0.25) is 0 Å². The topological polar surface area (TPSA) is 132 Å². The molecule has 10 heteroatoms. The van der Waals surface area contributed by atoms with Gasteiger partial charge in [0.15, 0.2) is 0 Å². The van der Waals surface area contributed by atoms with Gasteiger partial charge < -0.3 is 10.6 Å². The Kier molecular flexibility index (Phi) is 5.00. The lowest BCUT2D eigenvalue weighted by molar-refractivity contribution is -0.385. The zero-order chi connectivity index (χ0) is 17.5. The summed E-state index contributed by atoms with van der Waals surface area (Å²) in [6, 6.07) is 4.72. The van der Waals surface area contributed by atoms with E-state index in [1.165, 1.54) is 12.3 Å². The summed E-state index contributed by atoms with van der Waals surface area (Å²) >= 11 is 0. The maximum absolute atomic E-state index is 10.6. The minimum atomic E-state index is -0.486. The highest BCUT2D eigenvalue weighted by Gasteiger charge is 2.05. The number of hydrogen-bond acceptors (Lipinski definition) is 9. The molecule has 3 heterocycles. The molecule has 0 fully saturated rings. The summed E-state index contributed by atoms with van der Waals surface area (Å²) in [5.74, 6) is 1.03. The highest BCUT2D eigenvalue weighted by atomic mass is 16.6. The highest BCUT2D eigenvalue weighted by molar-refractivity contribution is 5.53. The van der Waals surface area contributed by atoms with Gasteiger partial charge in [0.2, 0.25) is 5.95 Å². The van der Waals surface area contributed by atoms with Crippen LogP contribution in [0, 0.1) is 10.1 Å². The Morgan fingerprint density at radius 3 is 2.52 bits per heavy atom. The zero-order valence-corrected chi connectivity index (χ0v) is 13.0. The first-order chi connectivity index (χ1) is 12.2. The lowest BCUT2D eigenvalue weighted by Crippen LogP contribution is -2.15. The number of anilines is 2. The average molecular weight is 338 g/mol. The largest absolute Gasteiger partial charge is 0.368 e. The Morgan fingerprint density at radius 1 is 0.920 bits per heavy atom. The van der Waals surface area contributed by atoms with Gasteiger partial charge in [0.1, 0.15) is 17.7 Å². The molecule has 0 spiro atoms. The fourth-order valence-electron chi connectivity index (χ4n) is 1.98. The van der Waals surface area contributed by atoms with Crippen molar-refractivity contribution in [1.29, 1.82) is 0 Å². The second kappa shape index (κ2) is 7.73. The SMILES string of the molecule is O=[N+]([O-])c1ccc(NCCNc2nccc(-c3cnccn3)n2)nc1. The van der Waals surface area contributed by atoms with Crippen molar-refractivity contribution >= 4 is 17.5 Å². The van der Waals surface area contributed by atoms with E-state index in [0.29, 0.717) is 36.2 Å². The maximum atomic E-state index is 10.6. The molecule has 0 saturated carbocycles. The van der Waals surface area contributed by atoms with Crippen molar-refractivity contribution in [2.75, 3.05) is 23.7 Å². The predicted octanol–water partition coefficient (Wildman–Crippen LogP) is 1.76. The predicted molar refractivity (Wildman–Crippen MR) is 90.9 cm³/mol. The number of pyridine rings is 1. The molecule has 0 amide bonds. The number of nitrogens with zero attached hydrogens (tertiary/aromatic N) is 6. The Balaban J connectivity index is 1.51. The normalized spacial score (nSPS) is 10.2. The third-order valence-electron chi connectivity index (χ3n) is 3.15. The van der Waals surface area contributed by atoms with E-state index >= 15 is 0 Å². The molecule has 3 aromatic heterocycles. The van der Waals surface area contributed by atoms with Crippen LogP contribution in [0.1, 0.15) is 0 Å². The fourth-order valence-corrected chi connectivity index (χ4v) is 1.98. The minimum absolute atomic E-state index is 0.0436. The molecular weight excluding hydrogens is 324 g/mol. The van der Waals surface area contributed by atoms with Gasteiger partial charge >= 0.3 is 0 Å². The van der Waals surface area contributed by atoms with Crippen LogP contribution < -0.4 is 10.6 Å². The van der Waals surface area contributed by atoms with Crippen LogP contribution in [0.25, 0.3) is 11.4 Å². The van der Waals surface area contributed by atoms with Crippen molar-refractivity contribution in [3.63, 3.8) is 0 Å². The van der Waals surface area contributed by atoms with E-state index in [1.54, 1.807) is 36.9 Å². The summed E-state index contributed by atoms with van der Waals surface area (Å²) in [6.07, 6.45) is 7.69. The molecule has 0 saturated heterocycles. The van der Waals surface area contributed by atoms with E-state index in [0.717, 1.165) is 0 Å². The van der Waals surface area contributed by atoms with E-state index in [-0.39, 0.29) is 5.69 Å². The Labute approximate surface area is 142 Å². The van der Waals surface area contributed by atoms with Gasteiger partial charge in [-0.05, 0) is 12.1 Å². The van der Waals surface area contributed by atoms with Gasteiger partial charge in [-0.2, -0.15) is 0 Å². The summed E-state index contributed by atoms with van der Waals surface area (Å²) in [6.45, 7) is 1.09. The molecule has 0 aromatic carbocycles. The van der Waals surface area contributed by atoms with Crippen LogP contribution in [0.5, 0.6) is 0 Å². The smallest absolute Gasteiger partial charge is 0.287 e. The number of rotatable bonds is 7. The summed E-state index contributed by atoms with van der Waals surface area (Å²) in [4.78, 5) is 30.8. The molecule has 126 valence electrons. The quantitative estimate of drug-likeness (QED) is 0.375. The molecule has 0 aliphatic heterocycles. The van der Waals surface area contributed by atoms with Gasteiger partial charge in [-0.1, -0.05) is 0 Å². The second-order valence-corrected chi connectivity index (χ2v) is 4.87. The van der Waals surface area contributed by atoms with Crippen molar-refractivity contribution in [1.82, 2.24) is 24.9 Å². The Hall–Kier alpha value is -3.69. The molecule has 0 atom stereocenters. The monoisotopic (exact) mass is 338 g/mol. The maximum Gasteiger partial charge on any atom is 0.287 e. The van der Waals surface area contributed by atoms with Crippen LogP contribution in [-0.2, 0) is 0 Å².